The second-order valence-corrected chi connectivity index (χ2v) is 12.0. The number of esters is 1. The fraction of sp³-hybridized carbons (Fsp3) is 0.0882. The first-order chi connectivity index (χ1) is 21.9. The van der Waals surface area contributed by atoms with E-state index in [0.717, 1.165) is 32.3 Å². The summed E-state index contributed by atoms with van der Waals surface area (Å²) in [5, 5.41) is 8.26. The van der Waals surface area contributed by atoms with Crippen LogP contribution in [-0.4, -0.2) is 50.6 Å². The van der Waals surface area contributed by atoms with Crippen molar-refractivity contribution in [3.63, 3.8) is 0 Å². The average Bonchev–Trinajstić information content (AvgIpc) is 3.36. The second-order valence-electron chi connectivity index (χ2n) is 9.95. The summed E-state index contributed by atoms with van der Waals surface area (Å²) in [4.78, 5) is 57.1. The zero-order chi connectivity index (χ0) is 31.3. The van der Waals surface area contributed by atoms with E-state index in [4.69, 9.17) is 9.72 Å². The quantitative estimate of drug-likeness (QED) is 0.0986. The number of hydrogen-bond acceptors (Lipinski definition) is 9. The number of halogens is 1. The highest BCUT2D eigenvalue weighted by molar-refractivity contribution is 9.10. The summed E-state index contributed by atoms with van der Waals surface area (Å²) >= 11 is 4.40. The second kappa shape index (κ2) is 13.3. The van der Waals surface area contributed by atoms with Crippen molar-refractivity contribution in [2.24, 2.45) is 0 Å². The van der Waals surface area contributed by atoms with Gasteiger partial charge in [-0.15, -0.1) is 10.2 Å². The molecule has 2 amide bonds. The number of aromatic nitrogens is 3. The van der Waals surface area contributed by atoms with Gasteiger partial charge in [0.1, 0.15) is 16.6 Å². The van der Waals surface area contributed by atoms with Crippen LogP contribution in [0.5, 0.6) is 0 Å². The van der Waals surface area contributed by atoms with E-state index < -0.39 is 23.7 Å². The van der Waals surface area contributed by atoms with Gasteiger partial charge in [-0.25, -0.2) is 14.7 Å². The number of nitrogens with zero attached hydrogens (tertiary/aromatic N) is 4. The monoisotopic (exact) mass is 678 g/mol. The average molecular weight is 680 g/mol. The number of anilines is 1. The van der Waals surface area contributed by atoms with Crippen LogP contribution in [0.4, 0.5) is 5.69 Å². The number of imide groups is 1. The van der Waals surface area contributed by atoms with Crippen LogP contribution < -0.4 is 4.90 Å². The van der Waals surface area contributed by atoms with Crippen LogP contribution in [0.15, 0.2) is 119 Å². The Kier molecular flexibility index (Phi) is 8.90. The van der Waals surface area contributed by atoms with E-state index in [1.54, 1.807) is 24.3 Å². The number of thioether (sulfide) groups is 1. The maximum Gasteiger partial charge on any atom is 0.338 e. The molecular weight excluding hydrogens is 656 g/mol. The molecule has 4 aromatic carbocycles. The third-order valence-electron chi connectivity index (χ3n) is 6.98. The molecule has 0 bridgehead atoms. The molecule has 1 atom stereocenters. The van der Waals surface area contributed by atoms with Crippen molar-refractivity contribution in [2.45, 2.75) is 16.8 Å². The molecule has 1 aliphatic heterocycles. The lowest BCUT2D eigenvalue weighted by molar-refractivity contribution is -0.121. The van der Waals surface area contributed by atoms with Gasteiger partial charge in [0, 0.05) is 27.6 Å². The minimum atomic E-state index is -0.750. The lowest BCUT2D eigenvalue weighted by Crippen LogP contribution is -2.31. The van der Waals surface area contributed by atoms with Crippen LogP contribution in [0.1, 0.15) is 27.1 Å². The lowest BCUT2D eigenvalue weighted by atomic mass is 10.0. The summed E-state index contributed by atoms with van der Waals surface area (Å²) in [5.41, 5.74) is 3.85. The minimum absolute atomic E-state index is 0.0457. The Balaban J connectivity index is 1.14. The van der Waals surface area contributed by atoms with Crippen molar-refractivity contribution in [2.75, 3.05) is 11.5 Å². The molecule has 1 unspecified atom stereocenters. The van der Waals surface area contributed by atoms with Crippen molar-refractivity contribution in [3.8, 4) is 22.5 Å². The molecule has 1 saturated heterocycles. The highest BCUT2D eigenvalue weighted by Gasteiger charge is 2.41. The number of carbonyl (C=O) groups excluding carboxylic acids is 4. The number of ketones is 1. The van der Waals surface area contributed by atoms with Gasteiger partial charge in [0.2, 0.25) is 17.0 Å². The molecule has 1 aromatic heterocycles. The maximum absolute atomic E-state index is 13.4. The van der Waals surface area contributed by atoms with Gasteiger partial charge in [-0.3, -0.25) is 14.4 Å². The van der Waals surface area contributed by atoms with E-state index in [0.29, 0.717) is 22.6 Å². The Morgan fingerprint density at radius 3 is 2.02 bits per heavy atom. The molecule has 0 spiro atoms. The largest absolute Gasteiger partial charge is 0.454 e. The summed E-state index contributed by atoms with van der Waals surface area (Å²) in [6.45, 7) is -0.417. The van der Waals surface area contributed by atoms with Gasteiger partial charge >= 0.3 is 5.97 Å². The standard InChI is InChI=1S/C34H23BrN4O5S/c35-25-15-11-21(12-16-25)27(40)20-44-33(43)24-13-17-26(18-14-24)39-29(41)19-28(32(39)42)45-34-36-30(22-7-3-1-4-8-22)31(37-38-34)23-9-5-2-6-10-23/h1-18,28H,19-20H2. The van der Waals surface area contributed by atoms with E-state index in [1.807, 2.05) is 60.7 Å². The van der Waals surface area contributed by atoms with Gasteiger partial charge in [-0.1, -0.05) is 100 Å². The molecule has 5 aromatic rings. The fourth-order valence-corrected chi connectivity index (χ4v) is 5.91. The SMILES string of the molecule is O=C(COC(=O)c1ccc(N2C(=O)CC(Sc3nnc(-c4ccccc4)c(-c4ccccc4)n3)C2=O)cc1)c1ccc(Br)cc1. The molecule has 6 rings (SSSR count). The van der Waals surface area contributed by atoms with Crippen LogP contribution >= 0.6 is 27.7 Å². The highest BCUT2D eigenvalue weighted by Crippen LogP contribution is 2.35. The third-order valence-corrected chi connectivity index (χ3v) is 8.54. The third kappa shape index (κ3) is 6.74. The molecule has 45 heavy (non-hydrogen) atoms. The zero-order valence-electron chi connectivity index (χ0n) is 23.5. The summed E-state index contributed by atoms with van der Waals surface area (Å²) in [6, 6.07) is 31.8. The molecule has 222 valence electrons. The van der Waals surface area contributed by atoms with Crippen molar-refractivity contribution >= 4 is 56.9 Å². The summed E-state index contributed by atoms with van der Waals surface area (Å²) in [5.74, 6) is -1.84. The van der Waals surface area contributed by atoms with Crippen molar-refractivity contribution in [1.29, 1.82) is 0 Å². The molecule has 11 heteroatoms. The zero-order valence-corrected chi connectivity index (χ0v) is 25.9. The number of carbonyl (C=O) groups is 4. The Hall–Kier alpha value is -5.00. The number of ether oxygens (including phenoxy) is 1. The van der Waals surface area contributed by atoms with Crippen LogP contribution in [0.3, 0.4) is 0 Å². The van der Waals surface area contributed by atoms with E-state index in [2.05, 4.69) is 26.1 Å². The molecule has 9 nitrogen and oxygen atoms in total. The van der Waals surface area contributed by atoms with Crippen molar-refractivity contribution in [3.05, 3.63) is 125 Å². The van der Waals surface area contributed by atoms with Gasteiger partial charge in [0.05, 0.1) is 11.3 Å². The molecule has 1 fully saturated rings. The number of Topliss-reactive ketones (excluding diaryl/α,β-unsaturated/α-hetero) is 1. The van der Waals surface area contributed by atoms with E-state index in [-0.39, 0.29) is 28.8 Å². The predicted molar refractivity (Wildman–Crippen MR) is 173 cm³/mol. The molecular formula is C34H23BrN4O5S. The van der Waals surface area contributed by atoms with Gasteiger partial charge in [-0.2, -0.15) is 0 Å². The Labute approximate surface area is 270 Å². The normalized spacial score (nSPS) is 14.4. The summed E-state index contributed by atoms with van der Waals surface area (Å²) in [7, 11) is 0. The lowest BCUT2D eigenvalue weighted by Gasteiger charge is -2.15. The van der Waals surface area contributed by atoms with E-state index in [1.165, 1.54) is 24.3 Å². The number of benzene rings is 4. The van der Waals surface area contributed by atoms with Crippen LogP contribution in [-0.2, 0) is 14.3 Å². The molecule has 0 N–H and O–H groups in total. The van der Waals surface area contributed by atoms with E-state index in [9.17, 15) is 19.2 Å². The first-order valence-electron chi connectivity index (χ1n) is 13.8. The molecule has 0 radical (unpaired) electrons. The van der Waals surface area contributed by atoms with Crippen molar-refractivity contribution in [1.82, 2.24) is 15.2 Å². The number of rotatable bonds is 9. The summed E-state index contributed by atoms with van der Waals surface area (Å²) < 4.78 is 6.00. The number of amides is 2. The Morgan fingerprint density at radius 2 is 1.38 bits per heavy atom. The highest BCUT2D eigenvalue weighted by atomic mass is 79.9. The van der Waals surface area contributed by atoms with Crippen LogP contribution in [0.2, 0.25) is 0 Å². The predicted octanol–water partition coefficient (Wildman–Crippen LogP) is 6.43. The van der Waals surface area contributed by atoms with Crippen LogP contribution in [0, 0.1) is 0 Å². The number of hydrogen-bond donors (Lipinski definition) is 0. The first kappa shape index (κ1) is 30.0. The Morgan fingerprint density at radius 1 is 0.778 bits per heavy atom. The molecule has 2 heterocycles. The van der Waals surface area contributed by atoms with Crippen molar-refractivity contribution < 1.29 is 23.9 Å². The maximum atomic E-state index is 13.4. The summed E-state index contributed by atoms with van der Waals surface area (Å²) in [6.07, 6.45) is -0.0457. The smallest absolute Gasteiger partial charge is 0.338 e. The van der Waals surface area contributed by atoms with Crippen LogP contribution in [0.25, 0.3) is 22.5 Å². The first-order valence-corrected chi connectivity index (χ1v) is 15.5. The topological polar surface area (TPSA) is 119 Å². The Bertz CT molecular complexity index is 1890. The van der Waals surface area contributed by atoms with Gasteiger partial charge in [0.25, 0.3) is 0 Å². The molecule has 0 saturated carbocycles. The van der Waals surface area contributed by atoms with Gasteiger partial charge in [-0.05, 0) is 36.4 Å². The molecule has 0 aliphatic carbocycles. The fourth-order valence-electron chi connectivity index (χ4n) is 4.72. The molecule has 1 aliphatic rings. The minimum Gasteiger partial charge on any atom is -0.454 e. The van der Waals surface area contributed by atoms with Gasteiger partial charge in [0.15, 0.2) is 12.4 Å². The van der Waals surface area contributed by atoms with E-state index >= 15 is 0 Å². The van der Waals surface area contributed by atoms with Gasteiger partial charge < -0.3 is 4.74 Å².